The molecule has 7 nitrogen and oxygen atoms in total. The van der Waals surface area contributed by atoms with Gasteiger partial charge in [0.2, 0.25) is 5.28 Å². The number of halogens is 1. The number of aryl methyl sites for hydroxylation is 2. The van der Waals surface area contributed by atoms with Crippen LogP contribution in [-0.4, -0.2) is 30.0 Å². The molecule has 0 aromatic carbocycles. The Morgan fingerprint density at radius 3 is 2.69 bits per heavy atom. The predicted octanol–water partition coefficient (Wildman–Crippen LogP) is 3.38. The number of sulfonamides is 1. The summed E-state index contributed by atoms with van der Waals surface area (Å²) in [7, 11) is -2.36. The number of nitrogens with one attached hydrogen (secondary N) is 1. The summed E-state index contributed by atoms with van der Waals surface area (Å²) in [6.45, 7) is 3.52. The van der Waals surface area contributed by atoms with Crippen molar-refractivity contribution >= 4 is 43.9 Å². The van der Waals surface area contributed by atoms with Crippen molar-refractivity contribution in [3.8, 4) is 0 Å². The van der Waals surface area contributed by atoms with Gasteiger partial charge in [0, 0.05) is 18.1 Å². The van der Waals surface area contributed by atoms with Crippen molar-refractivity contribution in [1.29, 1.82) is 0 Å². The van der Waals surface area contributed by atoms with Crippen LogP contribution in [-0.2, 0) is 34.6 Å². The monoisotopic (exact) mass is 417 g/mol. The van der Waals surface area contributed by atoms with Crippen LogP contribution in [0.25, 0.3) is 0 Å². The van der Waals surface area contributed by atoms with Crippen molar-refractivity contribution < 1.29 is 17.9 Å². The Labute approximate surface area is 161 Å². The van der Waals surface area contributed by atoms with E-state index in [0.717, 1.165) is 36.1 Å². The summed E-state index contributed by atoms with van der Waals surface area (Å²) in [4.78, 5) is 17.5. The molecule has 0 saturated carbocycles. The highest BCUT2D eigenvalue weighted by molar-refractivity contribution is 7.92. The van der Waals surface area contributed by atoms with Crippen molar-refractivity contribution in [3.63, 3.8) is 0 Å². The molecule has 0 spiro atoms. The summed E-state index contributed by atoms with van der Waals surface area (Å²) in [5, 5.41) is 0.152. The van der Waals surface area contributed by atoms with Crippen molar-refractivity contribution in [2.75, 3.05) is 4.72 Å². The Balaban J connectivity index is 2.01. The number of thiophene rings is 1. The topological polar surface area (TPSA) is 90.3 Å². The molecule has 0 saturated heterocycles. The van der Waals surface area contributed by atoms with E-state index >= 15 is 0 Å². The number of fused-ring (bicyclic) bond motifs is 1. The highest BCUT2D eigenvalue weighted by Gasteiger charge is 2.30. The van der Waals surface area contributed by atoms with Crippen molar-refractivity contribution in [2.45, 2.75) is 50.7 Å². The molecule has 1 N–H and O–H groups in total. The van der Waals surface area contributed by atoms with Gasteiger partial charge in [-0.25, -0.2) is 9.78 Å². The van der Waals surface area contributed by atoms with Crippen LogP contribution in [0.2, 0.25) is 5.28 Å². The second kappa shape index (κ2) is 7.21. The van der Waals surface area contributed by atoms with Crippen LogP contribution >= 0.6 is 22.9 Å². The molecule has 0 amide bonds. The lowest BCUT2D eigenvalue weighted by atomic mass is 9.95. The molecular formula is C16H20ClN3O4S2. The molecule has 2 aromatic rings. The van der Waals surface area contributed by atoms with E-state index in [2.05, 4.69) is 9.71 Å². The van der Waals surface area contributed by atoms with E-state index in [1.807, 2.05) is 0 Å². The summed E-state index contributed by atoms with van der Waals surface area (Å²) in [5.74, 6) is -0.504. The third-order valence-corrected chi connectivity index (χ3v) is 6.93. The van der Waals surface area contributed by atoms with E-state index in [1.165, 1.54) is 22.1 Å². The lowest BCUT2D eigenvalue weighted by Crippen LogP contribution is -2.18. The zero-order valence-corrected chi connectivity index (χ0v) is 17.1. The highest BCUT2D eigenvalue weighted by Crippen LogP contribution is 2.39. The van der Waals surface area contributed by atoms with Gasteiger partial charge in [0.15, 0.2) is 5.03 Å². The molecule has 2 aromatic heterocycles. The summed E-state index contributed by atoms with van der Waals surface area (Å²) >= 11 is 7.14. The molecule has 2 heterocycles. The van der Waals surface area contributed by atoms with Crippen LogP contribution in [0.4, 0.5) is 5.00 Å². The Bertz CT molecular complexity index is 928. The number of rotatable bonds is 5. The fourth-order valence-electron chi connectivity index (χ4n) is 2.85. The first-order valence-electron chi connectivity index (χ1n) is 8.26. The lowest BCUT2D eigenvalue weighted by molar-refractivity contribution is 0.0378. The van der Waals surface area contributed by atoms with Gasteiger partial charge in [0.05, 0.1) is 11.7 Å². The van der Waals surface area contributed by atoms with E-state index in [1.54, 1.807) is 20.9 Å². The van der Waals surface area contributed by atoms with E-state index in [4.69, 9.17) is 16.3 Å². The average molecular weight is 418 g/mol. The third kappa shape index (κ3) is 3.74. The second-order valence-electron chi connectivity index (χ2n) is 6.43. The fraction of sp³-hybridized carbons (Fsp3) is 0.500. The zero-order chi connectivity index (χ0) is 19.1. The molecule has 3 rings (SSSR count). The number of hydrogen-bond donors (Lipinski definition) is 1. The van der Waals surface area contributed by atoms with Crippen molar-refractivity contribution in [2.24, 2.45) is 7.05 Å². The second-order valence-corrected chi connectivity index (χ2v) is 9.51. The number of imidazole rings is 1. The largest absolute Gasteiger partial charge is 0.459 e. The SMILES string of the molecule is CC(C)OC(=O)c1c(NS(=O)(=O)c2cn(C)c(Cl)n2)sc2c1CCCC2. The molecule has 0 atom stereocenters. The Morgan fingerprint density at radius 1 is 1.38 bits per heavy atom. The number of ether oxygens (including phenoxy) is 1. The number of hydrogen-bond acceptors (Lipinski definition) is 6. The molecular weight excluding hydrogens is 398 g/mol. The maximum atomic E-state index is 12.7. The first kappa shape index (κ1) is 19.2. The quantitative estimate of drug-likeness (QED) is 0.753. The summed E-state index contributed by atoms with van der Waals surface area (Å²) in [6.07, 6.45) is 4.59. The minimum atomic E-state index is -3.96. The van der Waals surface area contributed by atoms with Gasteiger partial charge in [0.25, 0.3) is 10.0 Å². The van der Waals surface area contributed by atoms with Crippen LogP contribution in [0.15, 0.2) is 11.2 Å². The lowest BCUT2D eigenvalue weighted by Gasteiger charge is -2.14. The number of carbonyl (C=O) groups is 1. The molecule has 1 aliphatic carbocycles. The predicted molar refractivity (Wildman–Crippen MR) is 101 cm³/mol. The average Bonchev–Trinajstić information content (AvgIpc) is 3.06. The number of anilines is 1. The maximum absolute atomic E-state index is 12.7. The Morgan fingerprint density at radius 2 is 2.08 bits per heavy atom. The van der Waals surface area contributed by atoms with Gasteiger partial charge < -0.3 is 9.30 Å². The molecule has 26 heavy (non-hydrogen) atoms. The summed E-state index contributed by atoms with van der Waals surface area (Å²) < 4.78 is 34.6. The number of esters is 1. The third-order valence-electron chi connectivity index (χ3n) is 4.02. The van der Waals surface area contributed by atoms with Crippen LogP contribution in [0.5, 0.6) is 0 Å². The Hall–Kier alpha value is -1.58. The van der Waals surface area contributed by atoms with E-state index in [-0.39, 0.29) is 21.4 Å². The highest BCUT2D eigenvalue weighted by atomic mass is 35.5. The van der Waals surface area contributed by atoms with E-state index in [0.29, 0.717) is 5.56 Å². The van der Waals surface area contributed by atoms with Crippen LogP contribution in [0, 0.1) is 0 Å². The molecule has 10 heteroatoms. The van der Waals surface area contributed by atoms with Gasteiger partial charge in [-0.3, -0.25) is 4.72 Å². The van der Waals surface area contributed by atoms with Gasteiger partial charge in [-0.15, -0.1) is 11.3 Å². The molecule has 0 bridgehead atoms. The standard InChI is InChI=1S/C16H20ClN3O4S2/c1-9(2)24-15(21)13-10-6-4-5-7-11(10)25-14(13)19-26(22,23)12-8-20(3)16(17)18-12/h8-9,19H,4-7H2,1-3H3. The van der Waals surface area contributed by atoms with Gasteiger partial charge in [-0.05, 0) is 56.7 Å². The first-order valence-corrected chi connectivity index (χ1v) is 10.9. The van der Waals surface area contributed by atoms with E-state index in [9.17, 15) is 13.2 Å². The smallest absolute Gasteiger partial charge is 0.341 e. The van der Waals surface area contributed by atoms with E-state index < -0.39 is 16.0 Å². The zero-order valence-electron chi connectivity index (χ0n) is 14.7. The van der Waals surface area contributed by atoms with Crippen molar-refractivity contribution in [1.82, 2.24) is 9.55 Å². The summed E-state index contributed by atoms with van der Waals surface area (Å²) in [6, 6.07) is 0. The molecule has 0 unspecified atom stereocenters. The first-order chi connectivity index (χ1) is 12.2. The van der Waals surface area contributed by atoms with Crippen LogP contribution in [0.1, 0.15) is 47.5 Å². The van der Waals surface area contributed by atoms with Gasteiger partial charge in [-0.1, -0.05) is 0 Å². The van der Waals surface area contributed by atoms with Crippen molar-refractivity contribution in [3.05, 3.63) is 27.5 Å². The molecule has 142 valence electrons. The molecule has 1 aliphatic rings. The molecule has 0 aliphatic heterocycles. The van der Waals surface area contributed by atoms with Crippen LogP contribution < -0.4 is 4.72 Å². The molecule has 0 fully saturated rings. The number of nitrogens with zero attached hydrogens (tertiary/aromatic N) is 2. The van der Waals surface area contributed by atoms with Gasteiger partial charge in [0.1, 0.15) is 5.00 Å². The normalized spacial score (nSPS) is 14.3. The number of aromatic nitrogens is 2. The number of carbonyl (C=O) groups excluding carboxylic acids is 1. The minimum Gasteiger partial charge on any atom is -0.459 e. The summed E-state index contributed by atoms with van der Waals surface area (Å²) in [5.41, 5.74) is 1.22. The Kier molecular flexibility index (Phi) is 5.32. The van der Waals surface area contributed by atoms with Crippen LogP contribution in [0.3, 0.4) is 0 Å². The minimum absolute atomic E-state index is 0.0651. The fourth-order valence-corrected chi connectivity index (χ4v) is 5.62. The molecule has 0 radical (unpaired) electrons. The van der Waals surface area contributed by atoms with Gasteiger partial charge in [-0.2, -0.15) is 8.42 Å². The maximum Gasteiger partial charge on any atom is 0.341 e. The van der Waals surface area contributed by atoms with Gasteiger partial charge >= 0.3 is 5.97 Å².